The highest BCUT2D eigenvalue weighted by Gasteiger charge is 2.14. The van der Waals surface area contributed by atoms with Gasteiger partial charge in [-0.05, 0) is 31.4 Å². The first-order valence-electron chi connectivity index (χ1n) is 9.95. The molecule has 7 heteroatoms. The van der Waals surface area contributed by atoms with E-state index in [1.165, 1.54) is 19.3 Å². The fourth-order valence-electron chi connectivity index (χ4n) is 2.64. The Kier molecular flexibility index (Phi) is 12.6. The van der Waals surface area contributed by atoms with Gasteiger partial charge >= 0.3 is 12.3 Å². The first-order valence-corrected chi connectivity index (χ1v) is 9.95. The third-order valence-electron chi connectivity index (χ3n) is 4.16. The zero-order chi connectivity index (χ0) is 21.3. The summed E-state index contributed by atoms with van der Waals surface area (Å²) in [6.07, 6.45) is 3.90. The molecule has 0 bridgehead atoms. The van der Waals surface area contributed by atoms with Crippen LogP contribution in [-0.4, -0.2) is 42.3 Å². The predicted molar refractivity (Wildman–Crippen MR) is 108 cm³/mol. The van der Waals surface area contributed by atoms with Crippen LogP contribution in [0.4, 0.5) is 9.59 Å². The van der Waals surface area contributed by atoms with Gasteiger partial charge in [-0.25, -0.2) is 9.59 Å². The van der Waals surface area contributed by atoms with Gasteiger partial charge < -0.3 is 24.4 Å². The summed E-state index contributed by atoms with van der Waals surface area (Å²) in [6, 6.07) is 7.57. The van der Waals surface area contributed by atoms with Crippen LogP contribution in [-0.2, 0) is 9.47 Å². The zero-order valence-electron chi connectivity index (χ0n) is 16.9. The molecular formula is C22H30O7. The Labute approximate surface area is 172 Å². The standard InChI is InChI=1S/C22H30O7/c1-2-3-4-5-6-7-12-19-13-8-9-14-20(19)27-15-10-11-18(16-28-21(23)24)17-29-22(25)26/h8-9,13-14,18H,2-6,10-11,15-17H2,1H3,(H,23,24)(H,25,26). The Morgan fingerprint density at radius 1 is 1.00 bits per heavy atom. The molecule has 1 rings (SSSR count). The first-order chi connectivity index (χ1) is 14.0. The van der Waals surface area contributed by atoms with Crippen LogP contribution < -0.4 is 4.74 Å². The van der Waals surface area contributed by atoms with Crippen molar-refractivity contribution in [1.82, 2.24) is 0 Å². The lowest BCUT2D eigenvalue weighted by atomic mass is 10.1. The molecule has 0 radical (unpaired) electrons. The number of ether oxygens (including phenoxy) is 3. The van der Waals surface area contributed by atoms with E-state index >= 15 is 0 Å². The van der Waals surface area contributed by atoms with E-state index < -0.39 is 12.3 Å². The molecule has 2 N–H and O–H groups in total. The van der Waals surface area contributed by atoms with Crippen molar-refractivity contribution in [2.75, 3.05) is 19.8 Å². The van der Waals surface area contributed by atoms with Gasteiger partial charge in [-0.1, -0.05) is 50.2 Å². The van der Waals surface area contributed by atoms with Crippen molar-refractivity contribution in [3.8, 4) is 17.6 Å². The number of hydrogen-bond donors (Lipinski definition) is 2. The Bertz CT molecular complexity index is 657. The predicted octanol–water partition coefficient (Wildman–Crippen LogP) is 5.17. The van der Waals surface area contributed by atoms with Gasteiger partial charge in [0, 0.05) is 12.3 Å². The summed E-state index contributed by atoms with van der Waals surface area (Å²) in [4.78, 5) is 21.1. The van der Waals surface area contributed by atoms with E-state index in [-0.39, 0.29) is 19.1 Å². The SMILES string of the molecule is CCCCCCC#Cc1ccccc1OCCCC(COC(=O)O)COC(=O)O. The summed E-state index contributed by atoms with van der Waals surface area (Å²) in [5.41, 5.74) is 0.836. The fraction of sp³-hybridized carbons (Fsp3) is 0.545. The lowest BCUT2D eigenvalue weighted by Crippen LogP contribution is -2.20. The Morgan fingerprint density at radius 3 is 2.34 bits per heavy atom. The molecule has 0 saturated carbocycles. The number of para-hydroxylation sites is 1. The van der Waals surface area contributed by atoms with Crippen LogP contribution in [0, 0.1) is 17.8 Å². The molecule has 0 aliphatic heterocycles. The van der Waals surface area contributed by atoms with Crippen LogP contribution in [0.5, 0.6) is 5.75 Å². The Morgan fingerprint density at radius 2 is 1.69 bits per heavy atom. The average molecular weight is 406 g/mol. The molecule has 0 heterocycles. The van der Waals surface area contributed by atoms with Crippen LogP contribution in [0.2, 0.25) is 0 Å². The highest BCUT2D eigenvalue weighted by atomic mass is 16.7. The normalized spacial score (nSPS) is 10.1. The largest absolute Gasteiger partial charge is 0.505 e. The number of benzene rings is 1. The van der Waals surface area contributed by atoms with Gasteiger partial charge in [-0.3, -0.25) is 0 Å². The summed E-state index contributed by atoms with van der Waals surface area (Å²) < 4.78 is 14.9. The van der Waals surface area contributed by atoms with Gasteiger partial charge in [0.05, 0.1) is 12.2 Å². The highest BCUT2D eigenvalue weighted by molar-refractivity contribution is 5.57. The van der Waals surface area contributed by atoms with E-state index in [1.807, 2.05) is 24.3 Å². The van der Waals surface area contributed by atoms with Gasteiger partial charge in [-0.2, -0.15) is 0 Å². The Hall–Kier alpha value is -2.88. The molecule has 160 valence electrons. The number of unbranched alkanes of at least 4 members (excludes halogenated alkanes) is 4. The second-order valence-corrected chi connectivity index (χ2v) is 6.62. The number of carbonyl (C=O) groups is 2. The summed E-state index contributed by atoms with van der Waals surface area (Å²) in [5.74, 6) is 6.69. The first kappa shape index (κ1) is 24.2. The van der Waals surface area contributed by atoms with Gasteiger partial charge in [0.15, 0.2) is 0 Å². The fourth-order valence-corrected chi connectivity index (χ4v) is 2.64. The smallest absolute Gasteiger partial charge is 0.492 e. The molecule has 0 fully saturated rings. The minimum atomic E-state index is -1.40. The van der Waals surface area contributed by atoms with Gasteiger partial charge in [-0.15, -0.1) is 0 Å². The molecule has 1 aromatic carbocycles. The molecule has 0 aliphatic carbocycles. The molecule has 0 saturated heterocycles. The van der Waals surface area contributed by atoms with E-state index in [9.17, 15) is 9.59 Å². The van der Waals surface area contributed by atoms with Crippen LogP contribution in [0.1, 0.15) is 57.4 Å². The molecule has 0 atom stereocenters. The minimum absolute atomic E-state index is 0.122. The highest BCUT2D eigenvalue weighted by Crippen LogP contribution is 2.18. The summed E-state index contributed by atoms with van der Waals surface area (Å²) >= 11 is 0. The van der Waals surface area contributed by atoms with Crippen LogP contribution in [0.15, 0.2) is 24.3 Å². The maximum Gasteiger partial charge on any atom is 0.505 e. The number of carboxylic acid groups (broad SMARTS) is 2. The quantitative estimate of drug-likeness (QED) is 0.264. The van der Waals surface area contributed by atoms with Crippen LogP contribution in [0.3, 0.4) is 0 Å². The van der Waals surface area contributed by atoms with Crippen molar-refractivity contribution < 1.29 is 34.0 Å². The molecule has 1 aromatic rings. The molecular weight excluding hydrogens is 376 g/mol. The van der Waals surface area contributed by atoms with Crippen molar-refractivity contribution in [2.24, 2.45) is 5.92 Å². The molecule has 0 aromatic heterocycles. The van der Waals surface area contributed by atoms with E-state index in [4.69, 9.17) is 14.9 Å². The van der Waals surface area contributed by atoms with Gasteiger partial charge in [0.2, 0.25) is 0 Å². The second kappa shape index (κ2) is 15.1. The second-order valence-electron chi connectivity index (χ2n) is 6.62. The Balaban J connectivity index is 2.46. The van der Waals surface area contributed by atoms with Crippen molar-refractivity contribution in [3.05, 3.63) is 29.8 Å². The van der Waals surface area contributed by atoms with E-state index in [1.54, 1.807) is 0 Å². The molecule has 0 aliphatic rings. The van der Waals surface area contributed by atoms with Crippen molar-refractivity contribution >= 4 is 12.3 Å². The minimum Gasteiger partial charge on any atom is -0.492 e. The van der Waals surface area contributed by atoms with E-state index in [0.29, 0.717) is 25.2 Å². The number of rotatable bonds is 13. The lowest BCUT2D eigenvalue weighted by Gasteiger charge is -2.15. The lowest BCUT2D eigenvalue weighted by molar-refractivity contribution is 0.0402. The van der Waals surface area contributed by atoms with E-state index in [2.05, 4.69) is 28.2 Å². The maximum atomic E-state index is 10.5. The average Bonchev–Trinajstić information content (AvgIpc) is 2.69. The van der Waals surface area contributed by atoms with Crippen LogP contribution >= 0.6 is 0 Å². The third-order valence-corrected chi connectivity index (χ3v) is 4.16. The molecule has 29 heavy (non-hydrogen) atoms. The summed E-state index contributed by atoms with van der Waals surface area (Å²) in [6.45, 7) is 2.33. The van der Waals surface area contributed by atoms with Gasteiger partial charge in [0.1, 0.15) is 19.0 Å². The monoisotopic (exact) mass is 406 g/mol. The summed E-state index contributed by atoms with van der Waals surface area (Å²) in [5, 5.41) is 17.2. The molecule has 0 amide bonds. The molecule has 0 unspecified atom stereocenters. The van der Waals surface area contributed by atoms with Crippen molar-refractivity contribution in [2.45, 2.75) is 51.9 Å². The number of hydrogen-bond acceptors (Lipinski definition) is 5. The van der Waals surface area contributed by atoms with Crippen LogP contribution in [0.25, 0.3) is 0 Å². The van der Waals surface area contributed by atoms with Crippen molar-refractivity contribution in [3.63, 3.8) is 0 Å². The van der Waals surface area contributed by atoms with E-state index in [0.717, 1.165) is 18.4 Å². The summed E-state index contributed by atoms with van der Waals surface area (Å²) in [7, 11) is 0. The topological polar surface area (TPSA) is 102 Å². The third kappa shape index (κ3) is 12.2. The van der Waals surface area contributed by atoms with Gasteiger partial charge in [0.25, 0.3) is 0 Å². The molecule has 7 nitrogen and oxygen atoms in total. The maximum absolute atomic E-state index is 10.5. The zero-order valence-corrected chi connectivity index (χ0v) is 16.9. The van der Waals surface area contributed by atoms with Crippen molar-refractivity contribution in [1.29, 1.82) is 0 Å². The molecule has 0 spiro atoms.